The second-order valence-corrected chi connectivity index (χ2v) is 4.89. The van der Waals surface area contributed by atoms with E-state index in [1.165, 1.54) is 19.4 Å². The Kier molecular flexibility index (Phi) is 2.91. The summed E-state index contributed by atoms with van der Waals surface area (Å²) >= 11 is 0. The van der Waals surface area contributed by atoms with Crippen LogP contribution in [0.25, 0.3) is 5.65 Å². The number of anilines is 1. The second kappa shape index (κ2) is 4.57. The lowest BCUT2D eigenvalue weighted by Crippen LogP contribution is -2.31. The number of aromatic nitrogens is 3. The Balaban J connectivity index is 1.84. The van der Waals surface area contributed by atoms with E-state index in [-0.39, 0.29) is 0 Å². The Labute approximate surface area is 107 Å². The molecule has 1 unspecified atom stereocenters. The predicted molar refractivity (Wildman–Crippen MR) is 71.4 cm³/mol. The minimum Gasteiger partial charge on any atom is -0.396 e. The van der Waals surface area contributed by atoms with Crippen LogP contribution in [0, 0.1) is 0 Å². The minimum atomic E-state index is 0.591. The maximum absolute atomic E-state index is 5.90. The van der Waals surface area contributed by atoms with Crippen molar-refractivity contribution < 1.29 is 0 Å². The highest BCUT2D eigenvalue weighted by atomic mass is 15.3. The van der Waals surface area contributed by atoms with Gasteiger partial charge in [0.15, 0.2) is 11.5 Å². The number of rotatable bonds is 3. The van der Waals surface area contributed by atoms with E-state index in [0.29, 0.717) is 11.7 Å². The number of hydrogen-bond donors (Lipinski definition) is 1. The zero-order valence-corrected chi connectivity index (χ0v) is 10.7. The second-order valence-electron chi connectivity index (χ2n) is 4.89. The van der Waals surface area contributed by atoms with Crippen LogP contribution >= 0.6 is 0 Å². The molecule has 0 bridgehead atoms. The van der Waals surface area contributed by atoms with E-state index in [1.54, 1.807) is 4.52 Å². The van der Waals surface area contributed by atoms with Gasteiger partial charge in [-0.2, -0.15) is 5.10 Å². The lowest BCUT2D eigenvalue weighted by atomic mass is 10.1. The first-order chi connectivity index (χ1) is 8.78. The minimum absolute atomic E-state index is 0.591. The van der Waals surface area contributed by atoms with E-state index in [0.717, 1.165) is 24.4 Å². The van der Waals surface area contributed by atoms with Crippen molar-refractivity contribution in [2.24, 2.45) is 0 Å². The fourth-order valence-corrected chi connectivity index (χ4v) is 2.81. The van der Waals surface area contributed by atoms with Gasteiger partial charge in [-0.25, -0.2) is 9.50 Å². The molecule has 5 heteroatoms. The first kappa shape index (κ1) is 11.5. The Morgan fingerprint density at radius 3 is 3.17 bits per heavy atom. The molecule has 96 valence electrons. The summed E-state index contributed by atoms with van der Waals surface area (Å²) in [4.78, 5) is 7.05. The van der Waals surface area contributed by atoms with Crippen molar-refractivity contribution in [2.75, 3.05) is 18.8 Å². The van der Waals surface area contributed by atoms with E-state index in [9.17, 15) is 0 Å². The van der Waals surface area contributed by atoms with Gasteiger partial charge in [0, 0.05) is 18.7 Å². The van der Waals surface area contributed by atoms with Crippen LogP contribution in [-0.2, 0) is 6.42 Å². The third kappa shape index (κ3) is 1.95. The number of fused-ring (bicyclic) bond motifs is 1. The SMILES string of the molecule is CCN1CCCC1Cc1nc2c(N)cccn2n1. The standard InChI is InChI=1S/C13H19N5/c1-2-17-7-3-5-10(17)9-12-15-13-11(14)6-4-8-18(13)16-12/h4,6,8,10H,2-3,5,7,9,14H2,1H3. The molecule has 1 saturated heterocycles. The Morgan fingerprint density at radius 1 is 1.50 bits per heavy atom. The number of likely N-dealkylation sites (tertiary alicyclic amines) is 1. The third-order valence-electron chi connectivity index (χ3n) is 3.76. The van der Waals surface area contributed by atoms with Crippen molar-refractivity contribution in [3.8, 4) is 0 Å². The summed E-state index contributed by atoms with van der Waals surface area (Å²) in [6.07, 6.45) is 5.36. The quantitative estimate of drug-likeness (QED) is 0.886. The number of nitrogens with two attached hydrogens (primary N) is 1. The first-order valence-electron chi connectivity index (χ1n) is 6.61. The Bertz CT molecular complexity index is 547. The summed E-state index contributed by atoms with van der Waals surface area (Å²) in [5.41, 5.74) is 7.36. The molecular weight excluding hydrogens is 226 g/mol. The molecule has 2 N–H and O–H groups in total. The largest absolute Gasteiger partial charge is 0.396 e. The van der Waals surface area contributed by atoms with Crippen LogP contribution in [0.3, 0.4) is 0 Å². The van der Waals surface area contributed by atoms with E-state index in [4.69, 9.17) is 5.73 Å². The number of nitrogen functional groups attached to an aromatic ring is 1. The first-order valence-corrected chi connectivity index (χ1v) is 6.61. The van der Waals surface area contributed by atoms with Gasteiger partial charge in [0.05, 0.1) is 5.69 Å². The summed E-state index contributed by atoms with van der Waals surface area (Å²) in [5.74, 6) is 0.901. The molecule has 3 rings (SSSR count). The van der Waals surface area contributed by atoms with Gasteiger partial charge < -0.3 is 10.6 Å². The monoisotopic (exact) mass is 245 g/mol. The van der Waals surface area contributed by atoms with Crippen LogP contribution in [0.15, 0.2) is 18.3 Å². The number of nitrogens with zero attached hydrogens (tertiary/aromatic N) is 4. The molecule has 0 aliphatic carbocycles. The maximum Gasteiger partial charge on any atom is 0.178 e. The lowest BCUT2D eigenvalue weighted by molar-refractivity contribution is 0.263. The normalized spacial score (nSPS) is 20.8. The van der Waals surface area contributed by atoms with Crippen LogP contribution in [0.4, 0.5) is 5.69 Å². The van der Waals surface area contributed by atoms with Gasteiger partial charge in [0.1, 0.15) is 0 Å². The number of pyridine rings is 1. The predicted octanol–water partition coefficient (Wildman–Crippen LogP) is 1.34. The third-order valence-corrected chi connectivity index (χ3v) is 3.76. The molecule has 1 fully saturated rings. The molecule has 0 aromatic carbocycles. The molecule has 0 spiro atoms. The van der Waals surface area contributed by atoms with E-state index >= 15 is 0 Å². The zero-order valence-electron chi connectivity index (χ0n) is 10.7. The van der Waals surface area contributed by atoms with Gasteiger partial charge in [-0.3, -0.25) is 0 Å². The van der Waals surface area contributed by atoms with Crippen LogP contribution in [0.1, 0.15) is 25.6 Å². The fourth-order valence-electron chi connectivity index (χ4n) is 2.81. The summed E-state index contributed by atoms with van der Waals surface area (Å²) in [7, 11) is 0. The number of hydrogen-bond acceptors (Lipinski definition) is 4. The van der Waals surface area contributed by atoms with Crippen molar-refractivity contribution in [1.82, 2.24) is 19.5 Å². The van der Waals surface area contributed by atoms with Gasteiger partial charge in [0.25, 0.3) is 0 Å². The molecule has 1 aliphatic rings. The van der Waals surface area contributed by atoms with E-state index in [2.05, 4.69) is 21.9 Å². The van der Waals surface area contributed by atoms with Gasteiger partial charge >= 0.3 is 0 Å². The van der Waals surface area contributed by atoms with Gasteiger partial charge in [-0.05, 0) is 38.1 Å². The molecule has 3 heterocycles. The average Bonchev–Trinajstić information content (AvgIpc) is 2.96. The van der Waals surface area contributed by atoms with Crippen molar-refractivity contribution in [2.45, 2.75) is 32.2 Å². The van der Waals surface area contributed by atoms with Crippen molar-refractivity contribution >= 4 is 11.3 Å². The maximum atomic E-state index is 5.90. The molecule has 5 nitrogen and oxygen atoms in total. The number of likely N-dealkylation sites (N-methyl/N-ethyl adjacent to an activating group) is 1. The smallest absolute Gasteiger partial charge is 0.178 e. The van der Waals surface area contributed by atoms with Crippen molar-refractivity contribution in [3.63, 3.8) is 0 Å². The molecule has 1 aliphatic heterocycles. The van der Waals surface area contributed by atoms with Crippen LogP contribution in [0.2, 0.25) is 0 Å². The molecule has 1 atom stereocenters. The van der Waals surface area contributed by atoms with Gasteiger partial charge in [-0.15, -0.1) is 0 Å². The Morgan fingerprint density at radius 2 is 2.39 bits per heavy atom. The summed E-state index contributed by atoms with van der Waals surface area (Å²) in [5, 5.41) is 4.50. The Hall–Kier alpha value is -1.62. The highest BCUT2D eigenvalue weighted by Gasteiger charge is 2.24. The highest BCUT2D eigenvalue weighted by molar-refractivity contribution is 5.63. The van der Waals surface area contributed by atoms with Crippen molar-refractivity contribution in [1.29, 1.82) is 0 Å². The molecule has 0 saturated carbocycles. The highest BCUT2D eigenvalue weighted by Crippen LogP contribution is 2.20. The molecule has 0 radical (unpaired) electrons. The summed E-state index contributed by atoms with van der Waals surface area (Å²) < 4.78 is 1.77. The van der Waals surface area contributed by atoms with Crippen LogP contribution in [0.5, 0.6) is 0 Å². The van der Waals surface area contributed by atoms with Crippen LogP contribution < -0.4 is 5.73 Å². The lowest BCUT2D eigenvalue weighted by Gasteiger charge is -2.21. The fraction of sp³-hybridized carbons (Fsp3) is 0.538. The van der Waals surface area contributed by atoms with Gasteiger partial charge in [-0.1, -0.05) is 6.92 Å². The van der Waals surface area contributed by atoms with E-state index < -0.39 is 0 Å². The van der Waals surface area contributed by atoms with Gasteiger partial charge in [0.2, 0.25) is 0 Å². The van der Waals surface area contributed by atoms with Crippen molar-refractivity contribution in [3.05, 3.63) is 24.2 Å². The topological polar surface area (TPSA) is 59.5 Å². The molecule has 0 amide bonds. The summed E-state index contributed by atoms with van der Waals surface area (Å²) in [6, 6.07) is 4.35. The summed E-state index contributed by atoms with van der Waals surface area (Å²) in [6.45, 7) is 4.53. The zero-order chi connectivity index (χ0) is 12.5. The molecule has 2 aromatic heterocycles. The van der Waals surface area contributed by atoms with E-state index in [1.807, 2.05) is 18.3 Å². The van der Waals surface area contributed by atoms with Crippen LogP contribution in [-0.4, -0.2) is 38.6 Å². The average molecular weight is 245 g/mol. The molecule has 18 heavy (non-hydrogen) atoms. The molecular formula is C13H19N5. The molecule has 2 aromatic rings.